The Morgan fingerprint density at radius 3 is 2.55 bits per heavy atom. The first-order valence-corrected chi connectivity index (χ1v) is 11.6. The third-order valence-corrected chi connectivity index (χ3v) is 7.75. The molecule has 1 N–H and O–H groups in total. The Labute approximate surface area is 183 Å². The number of thiazole rings is 1. The summed E-state index contributed by atoms with van der Waals surface area (Å²) in [7, 11) is -2.13. The summed E-state index contributed by atoms with van der Waals surface area (Å²) < 4.78 is 32.5. The molecule has 1 aliphatic rings. The van der Waals surface area contributed by atoms with Gasteiger partial charge in [0.05, 0.1) is 35.9 Å². The topological polar surface area (TPSA) is 112 Å². The Hall–Kier alpha value is -3.26. The van der Waals surface area contributed by atoms with Crippen molar-refractivity contribution in [2.75, 3.05) is 19.0 Å². The summed E-state index contributed by atoms with van der Waals surface area (Å²) in [6, 6.07) is 14.6. The van der Waals surface area contributed by atoms with Crippen molar-refractivity contribution in [1.82, 2.24) is 9.29 Å². The Morgan fingerprint density at radius 2 is 1.90 bits per heavy atom. The van der Waals surface area contributed by atoms with Crippen molar-refractivity contribution in [2.45, 2.75) is 17.9 Å². The van der Waals surface area contributed by atoms with Crippen LogP contribution in [0.2, 0.25) is 0 Å². The van der Waals surface area contributed by atoms with E-state index in [4.69, 9.17) is 10.00 Å². The number of sulfonamides is 1. The largest absolute Gasteiger partial charge is 0.497 e. The van der Waals surface area contributed by atoms with Crippen LogP contribution in [-0.4, -0.2) is 37.3 Å². The third-order valence-electron chi connectivity index (χ3n) is 4.89. The van der Waals surface area contributed by atoms with Crippen molar-refractivity contribution < 1.29 is 17.9 Å². The molecule has 10 heteroatoms. The van der Waals surface area contributed by atoms with Gasteiger partial charge in [0.1, 0.15) is 5.75 Å². The van der Waals surface area contributed by atoms with Crippen LogP contribution in [0.25, 0.3) is 0 Å². The van der Waals surface area contributed by atoms with Crippen LogP contribution in [0.5, 0.6) is 5.75 Å². The lowest BCUT2D eigenvalue weighted by molar-refractivity contribution is 0.102. The van der Waals surface area contributed by atoms with Crippen molar-refractivity contribution >= 4 is 32.4 Å². The first-order valence-electron chi connectivity index (χ1n) is 9.35. The average Bonchev–Trinajstić information content (AvgIpc) is 3.20. The number of nitrogens with zero attached hydrogens (tertiary/aromatic N) is 3. The summed E-state index contributed by atoms with van der Waals surface area (Å²) in [6.45, 7) is 0.516. The van der Waals surface area contributed by atoms with Gasteiger partial charge in [-0.3, -0.25) is 10.1 Å². The van der Waals surface area contributed by atoms with E-state index in [1.807, 2.05) is 6.07 Å². The lowest BCUT2D eigenvalue weighted by atomic mass is 10.1. The maximum absolute atomic E-state index is 13.0. The molecular formula is C21H18N4O4S2. The van der Waals surface area contributed by atoms with E-state index in [9.17, 15) is 13.2 Å². The van der Waals surface area contributed by atoms with Gasteiger partial charge in [-0.2, -0.15) is 9.57 Å². The molecule has 0 radical (unpaired) electrons. The van der Waals surface area contributed by atoms with Crippen molar-refractivity contribution in [3.05, 3.63) is 70.2 Å². The number of carbonyl (C=O) groups excluding carboxylic acids is 1. The SMILES string of the molecule is COc1ccc(S(=O)(=O)N2CCc3nc(NC(=O)c4ccc(C#N)cc4)sc3C2)cc1. The molecule has 158 valence electrons. The standard InChI is InChI=1S/C21H18N4O4S2/c1-29-16-6-8-17(9-7-16)31(27,28)25-11-10-18-19(13-25)30-21(23-18)24-20(26)15-4-2-14(12-22)3-5-15/h2-9H,10-11,13H2,1H3,(H,23,24,26). The van der Waals surface area contributed by atoms with Gasteiger partial charge in [-0.15, -0.1) is 11.3 Å². The molecule has 0 spiro atoms. The summed E-state index contributed by atoms with van der Waals surface area (Å²) in [4.78, 5) is 17.9. The van der Waals surface area contributed by atoms with Gasteiger partial charge in [-0.1, -0.05) is 0 Å². The fraction of sp³-hybridized carbons (Fsp3) is 0.190. The van der Waals surface area contributed by atoms with Crippen molar-refractivity contribution in [2.24, 2.45) is 0 Å². The Balaban J connectivity index is 1.48. The van der Waals surface area contributed by atoms with Crippen molar-refractivity contribution in [3.8, 4) is 11.8 Å². The number of aromatic nitrogens is 1. The van der Waals surface area contributed by atoms with Gasteiger partial charge in [0.25, 0.3) is 5.91 Å². The highest BCUT2D eigenvalue weighted by Gasteiger charge is 2.30. The van der Waals surface area contributed by atoms with Crippen molar-refractivity contribution in [1.29, 1.82) is 5.26 Å². The van der Waals surface area contributed by atoms with Crippen LogP contribution in [0.1, 0.15) is 26.5 Å². The number of amides is 1. The molecule has 0 fully saturated rings. The summed E-state index contributed by atoms with van der Waals surface area (Å²) in [5.41, 5.74) is 1.68. The van der Waals surface area contributed by atoms with E-state index in [1.165, 1.54) is 34.9 Å². The lowest BCUT2D eigenvalue weighted by Crippen LogP contribution is -2.35. The van der Waals surface area contributed by atoms with Gasteiger partial charge in [-0.05, 0) is 48.5 Å². The molecule has 0 bridgehead atoms. The van der Waals surface area contributed by atoms with Crippen LogP contribution < -0.4 is 10.1 Å². The molecule has 1 amide bonds. The summed E-state index contributed by atoms with van der Waals surface area (Å²) in [6.07, 6.45) is 0.466. The van der Waals surface area contributed by atoms with E-state index >= 15 is 0 Å². The van der Waals surface area contributed by atoms with Crippen LogP contribution in [0.3, 0.4) is 0 Å². The zero-order valence-electron chi connectivity index (χ0n) is 16.5. The number of rotatable bonds is 5. The highest BCUT2D eigenvalue weighted by Crippen LogP contribution is 2.31. The minimum atomic E-state index is -3.65. The number of carbonyl (C=O) groups is 1. The molecule has 4 rings (SSSR count). The van der Waals surface area contributed by atoms with Crippen LogP contribution in [0.4, 0.5) is 5.13 Å². The molecule has 8 nitrogen and oxygen atoms in total. The van der Waals surface area contributed by atoms with E-state index < -0.39 is 10.0 Å². The molecular weight excluding hydrogens is 436 g/mol. The molecule has 0 atom stereocenters. The van der Waals surface area contributed by atoms with E-state index in [2.05, 4.69) is 10.3 Å². The predicted molar refractivity (Wildman–Crippen MR) is 116 cm³/mol. The zero-order valence-corrected chi connectivity index (χ0v) is 18.2. The third kappa shape index (κ3) is 4.29. The number of ether oxygens (including phenoxy) is 1. The van der Waals surface area contributed by atoms with Gasteiger partial charge >= 0.3 is 0 Å². The number of hydrogen-bond acceptors (Lipinski definition) is 7. The molecule has 0 saturated heterocycles. The molecule has 1 aromatic heterocycles. The predicted octanol–water partition coefficient (Wildman–Crippen LogP) is 3.02. The summed E-state index contributed by atoms with van der Waals surface area (Å²) in [5.74, 6) is 0.253. The fourth-order valence-corrected chi connectivity index (χ4v) is 5.70. The highest BCUT2D eigenvalue weighted by atomic mass is 32.2. The Morgan fingerprint density at radius 1 is 1.19 bits per heavy atom. The van der Waals surface area contributed by atoms with Gasteiger partial charge in [0.2, 0.25) is 10.0 Å². The minimum absolute atomic E-state index is 0.202. The first-order chi connectivity index (χ1) is 14.9. The molecule has 0 aliphatic carbocycles. The maximum Gasteiger partial charge on any atom is 0.257 e. The number of fused-ring (bicyclic) bond motifs is 1. The Kier molecular flexibility index (Phi) is 5.73. The fourth-order valence-electron chi connectivity index (χ4n) is 3.19. The smallest absolute Gasteiger partial charge is 0.257 e. The number of methoxy groups -OCH3 is 1. The number of nitriles is 1. The molecule has 1 aliphatic heterocycles. The van der Waals surface area contributed by atoms with E-state index in [0.717, 1.165) is 10.6 Å². The van der Waals surface area contributed by atoms with Gasteiger partial charge in [-0.25, -0.2) is 13.4 Å². The highest BCUT2D eigenvalue weighted by molar-refractivity contribution is 7.89. The van der Waals surface area contributed by atoms with Gasteiger partial charge < -0.3 is 4.74 Å². The second-order valence-electron chi connectivity index (χ2n) is 6.80. The summed E-state index contributed by atoms with van der Waals surface area (Å²) in [5, 5.41) is 12.0. The quantitative estimate of drug-likeness (QED) is 0.634. The van der Waals surface area contributed by atoms with Crippen LogP contribution in [0, 0.1) is 11.3 Å². The maximum atomic E-state index is 13.0. The number of benzene rings is 2. The average molecular weight is 455 g/mol. The lowest BCUT2D eigenvalue weighted by Gasteiger charge is -2.25. The second-order valence-corrected chi connectivity index (χ2v) is 9.82. The van der Waals surface area contributed by atoms with Crippen LogP contribution in [-0.2, 0) is 23.0 Å². The monoisotopic (exact) mass is 454 g/mol. The summed E-state index contributed by atoms with van der Waals surface area (Å²) >= 11 is 1.27. The molecule has 2 aromatic carbocycles. The van der Waals surface area contributed by atoms with Crippen molar-refractivity contribution in [3.63, 3.8) is 0 Å². The van der Waals surface area contributed by atoms with Gasteiger partial charge in [0, 0.05) is 23.4 Å². The number of hydrogen-bond donors (Lipinski definition) is 1. The molecule has 2 heterocycles. The minimum Gasteiger partial charge on any atom is -0.497 e. The van der Waals surface area contributed by atoms with E-state index in [0.29, 0.717) is 35.0 Å². The molecule has 0 unspecified atom stereocenters. The molecule has 3 aromatic rings. The first kappa shape index (κ1) is 21.0. The Bertz CT molecular complexity index is 1260. The van der Waals surface area contributed by atoms with Crippen LogP contribution in [0.15, 0.2) is 53.4 Å². The second kappa shape index (κ2) is 8.47. The van der Waals surface area contributed by atoms with Crippen LogP contribution >= 0.6 is 11.3 Å². The zero-order chi connectivity index (χ0) is 22.0. The van der Waals surface area contributed by atoms with Gasteiger partial charge in [0.15, 0.2) is 5.13 Å². The van der Waals surface area contributed by atoms with E-state index in [1.54, 1.807) is 36.4 Å². The molecule has 0 saturated carbocycles. The number of anilines is 1. The molecule has 31 heavy (non-hydrogen) atoms. The number of nitrogens with one attached hydrogen (secondary N) is 1. The normalized spacial score (nSPS) is 13.8. The van der Waals surface area contributed by atoms with E-state index in [-0.39, 0.29) is 17.3 Å².